The van der Waals surface area contributed by atoms with Crippen LogP contribution in [-0.2, 0) is 0 Å². The van der Waals surface area contributed by atoms with Gasteiger partial charge in [-0.15, -0.1) is 0 Å². The van der Waals surface area contributed by atoms with Gasteiger partial charge < -0.3 is 14.5 Å². The van der Waals surface area contributed by atoms with Crippen molar-refractivity contribution >= 4 is 28.4 Å². The Kier molecular flexibility index (Phi) is 4.66. The molecule has 8 heteroatoms. The molecule has 0 aliphatic rings. The molecule has 1 N–H and O–H groups in total. The van der Waals surface area contributed by atoms with Gasteiger partial charge in [0, 0.05) is 35.0 Å². The van der Waals surface area contributed by atoms with E-state index >= 15 is 0 Å². The molecule has 3 aromatic carbocycles. The van der Waals surface area contributed by atoms with Crippen LogP contribution in [0.2, 0.25) is 0 Å². The second kappa shape index (κ2) is 7.43. The number of aromatic nitrogens is 1. The van der Waals surface area contributed by atoms with Crippen molar-refractivity contribution in [2.45, 2.75) is 0 Å². The molecule has 1 amide bonds. The van der Waals surface area contributed by atoms with Crippen LogP contribution in [0, 0.1) is 10.1 Å². The van der Waals surface area contributed by atoms with Gasteiger partial charge in [-0.25, -0.2) is 4.98 Å². The van der Waals surface area contributed by atoms with Crippen LogP contribution in [0.5, 0.6) is 5.75 Å². The van der Waals surface area contributed by atoms with Crippen molar-refractivity contribution in [3.63, 3.8) is 0 Å². The first kappa shape index (κ1) is 18.2. The first-order chi connectivity index (χ1) is 14.0. The van der Waals surface area contributed by atoms with Crippen LogP contribution in [0.3, 0.4) is 0 Å². The van der Waals surface area contributed by atoms with Crippen LogP contribution in [0.15, 0.2) is 71.1 Å². The normalized spacial score (nSPS) is 10.7. The zero-order valence-corrected chi connectivity index (χ0v) is 15.3. The number of rotatable bonds is 5. The third-order valence-electron chi connectivity index (χ3n) is 4.28. The summed E-state index contributed by atoms with van der Waals surface area (Å²) in [6.07, 6.45) is 0. The summed E-state index contributed by atoms with van der Waals surface area (Å²) in [6.45, 7) is 0. The number of hydrogen-bond acceptors (Lipinski definition) is 6. The average Bonchev–Trinajstić information content (AvgIpc) is 3.17. The quantitative estimate of drug-likeness (QED) is 0.393. The lowest BCUT2D eigenvalue weighted by Gasteiger charge is -2.06. The fourth-order valence-corrected chi connectivity index (χ4v) is 2.85. The molecule has 0 fully saturated rings. The largest absolute Gasteiger partial charge is 0.497 e. The van der Waals surface area contributed by atoms with E-state index in [0.29, 0.717) is 34.0 Å². The number of fused-ring (bicyclic) bond motifs is 1. The molecule has 0 radical (unpaired) electrons. The van der Waals surface area contributed by atoms with E-state index in [1.165, 1.54) is 24.3 Å². The minimum atomic E-state index is -0.542. The molecule has 0 spiro atoms. The Bertz CT molecular complexity index is 1230. The van der Waals surface area contributed by atoms with Gasteiger partial charge in [0.1, 0.15) is 11.3 Å². The van der Waals surface area contributed by atoms with Crippen molar-refractivity contribution in [1.29, 1.82) is 0 Å². The minimum absolute atomic E-state index is 0.145. The van der Waals surface area contributed by atoms with Crippen molar-refractivity contribution < 1.29 is 18.9 Å². The molecule has 0 atom stereocenters. The predicted octanol–water partition coefficient (Wildman–Crippen LogP) is 4.66. The lowest BCUT2D eigenvalue weighted by Crippen LogP contribution is -2.12. The molecule has 1 aromatic heterocycles. The Morgan fingerprint density at radius 1 is 1.10 bits per heavy atom. The number of carbonyl (C=O) groups is 1. The van der Waals surface area contributed by atoms with Crippen LogP contribution < -0.4 is 10.1 Å². The summed E-state index contributed by atoms with van der Waals surface area (Å²) in [5.74, 6) is 0.628. The van der Waals surface area contributed by atoms with Crippen LogP contribution in [0.4, 0.5) is 11.4 Å². The summed E-state index contributed by atoms with van der Waals surface area (Å²) in [6, 6.07) is 17.9. The monoisotopic (exact) mass is 389 g/mol. The van der Waals surface area contributed by atoms with Gasteiger partial charge in [-0.1, -0.05) is 12.1 Å². The van der Waals surface area contributed by atoms with Gasteiger partial charge in [0.05, 0.1) is 12.0 Å². The molecule has 0 aliphatic carbocycles. The number of anilines is 1. The minimum Gasteiger partial charge on any atom is -0.497 e. The number of nitro benzene ring substituents is 1. The molecule has 0 aliphatic heterocycles. The van der Waals surface area contributed by atoms with Gasteiger partial charge in [0.25, 0.3) is 11.6 Å². The van der Waals surface area contributed by atoms with E-state index < -0.39 is 10.8 Å². The second-order valence-corrected chi connectivity index (χ2v) is 6.20. The van der Waals surface area contributed by atoms with Crippen molar-refractivity contribution in [2.24, 2.45) is 0 Å². The van der Waals surface area contributed by atoms with Gasteiger partial charge in [-0.05, 0) is 36.4 Å². The number of ether oxygens (including phenoxy) is 1. The second-order valence-electron chi connectivity index (χ2n) is 6.20. The number of hydrogen-bond donors (Lipinski definition) is 1. The Hall–Kier alpha value is -4.20. The zero-order valence-electron chi connectivity index (χ0n) is 15.3. The number of oxazole rings is 1. The van der Waals surface area contributed by atoms with E-state index in [1.807, 2.05) is 6.07 Å². The topological polar surface area (TPSA) is 108 Å². The summed E-state index contributed by atoms with van der Waals surface area (Å²) in [7, 11) is 1.58. The molecule has 4 aromatic rings. The van der Waals surface area contributed by atoms with E-state index in [9.17, 15) is 14.9 Å². The van der Waals surface area contributed by atoms with Crippen LogP contribution in [0.1, 0.15) is 10.4 Å². The molecule has 0 bridgehead atoms. The highest BCUT2D eigenvalue weighted by Gasteiger charge is 2.13. The average molecular weight is 389 g/mol. The smallest absolute Gasteiger partial charge is 0.270 e. The van der Waals surface area contributed by atoms with Crippen molar-refractivity contribution in [2.75, 3.05) is 12.4 Å². The fraction of sp³-hybridized carbons (Fsp3) is 0.0476. The highest BCUT2D eigenvalue weighted by molar-refractivity contribution is 6.04. The lowest BCUT2D eigenvalue weighted by molar-refractivity contribution is -0.384. The van der Waals surface area contributed by atoms with Crippen molar-refractivity contribution in [3.8, 4) is 17.2 Å². The van der Waals surface area contributed by atoms with E-state index in [-0.39, 0.29) is 11.3 Å². The molecule has 144 valence electrons. The first-order valence-electron chi connectivity index (χ1n) is 8.64. The Balaban J connectivity index is 1.60. The Labute approximate surface area is 164 Å². The van der Waals surface area contributed by atoms with Crippen molar-refractivity contribution in [1.82, 2.24) is 4.98 Å². The highest BCUT2D eigenvalue weighted by atomic mass is 16.6. The van der Waals surface area contributed by atoms with Gasteiger partial charge in [0.2, 0.25) is 5.89 Å². The number of non-ortho nitro benzene ring substituents is 1. The number of carbonyl (C=O) groups excluding carboxylic acids is 1. The summed E-state index contributed by atoms with van der Waals surface area (Å²) >= 11 is 0. The molecule has 0 unspecified atom stereocenters. The molecule has 29 heavy (non-hydrogen) atoms. The standard InChI is InChI=1S/C21H15N3O5/c1-28-17-8-9-19-18(12-17)23-21(29-19)14-5-2-6-15(10-14)22-20(25)13-4-3-7-16(11-13)24(26)27/h2-12H,1H3,(H,22,25). The maximum absolute atomic E-state index is 12.5. The molecule has 1 heterocycles. The number of nitrogens with one attached hydrogen (secondary N) is 1. The molecule has 0 saturated carbocycles. The molecular formula is C21H15N3O5. The van der Waals surface area contributed by atoms with E-state index in [2.05, 4.69) is 10.3 Å². The van der Waals surface area contributed by atoms with Crippen LogP contribution >= 0.6 is 0 Å². The van der Waals surface area contributed by atoms with E-state index in [1.54, 1.807) is 43.5 Å². The number of amides is 1. The third-order valence-corrected chi connectivity index (χ3v) is 4.28. The van der Waals surface area contributed by atoms with Gasteiger partial charge >= 0.3 is 0 Å². The lowest BCUT2D eigenvalue weighted by atomic mass is 10.1. The first-order valence-corrected chi connectivity index (χ1v) is 8.64. The van der Waals surface area contributed by atoms with Gasteiger partial charge in [-0.3, -0.25) is 14.9 Å². The highest BCUT2D eigenvalue weighted by Crippen LogP contribution is 2.28. The molecular weight excluding hydrogens is 374 g/mol. The maximum atomic E-state index is 12.5. The van der Waals surface area contributed by atoms with Gasteiger partial charge in [0.15, 0.2) is 5.58 Å². The number of nitrogens with zero attached hydrogens (tertiary/aromatic N) is 2. The van der Waals surface area contributed by atoms with Crippen LogP contribution in [0.25, 0.3) is 22.6 Å². The summed E-state index contributed by atoms with van der Waals surface area (Å²) < 4.78 is 11.0. The summed E-state index contributed by atoms with van der Waals surface area (Å²) in [5.41, 5.74) is 2.51. The molecule has 4 rings (SSSR count). The van der Waals surface area contributed by atoms with E-state index in [0.717, 1.165) is 0 Å². The summed E-state index contributed by atoms with van der Waals surface area (Å²) in [5, 5.41) is 13.6. The number of nitro groups is 1. The predicted molar refractivity (Wildman–Crippen MR) is 107 cm³/mol. The Morgan fingerprint density at radius 3 is 2.72 bits per heavy atom. The van der Waals surface area contributed by atoms with Crippen molar-refractivity contribution in [3.05, 3.63) is 82.4 Å². The third kappa shape index (κ3) is 3.77. The van der Waals surface area contributed by atoms with Crippen LogP contribution in [-0.4, -0.2) is 22.9 Å². The number of benzene rings is 3. The fourth-order valence-electron chi connectivity index (χ4n) is 2.85. The maximum Gasteiger partial charge on any atom is 0.270 e. The molecule has 8 nitrogen and oxygen atoms in total. The zero-order chi connectivity index (χ0) is 20.4. The summed E-state index contributed by atoms with van der Waals surface area (Å²) in [4.78, 5) is 27.3. The number of methoxy groups -OCH3 is 1. The van der Waals surface area contributed by atoms with E-state index in [4.69, 9.17) is 9.15 Å². The van der Waals surface area contributed by atoms with Gasteiger partial charge in [-0.2, -0.15) is 0 Å². The SMILES string of the molecule is COc1ccc2oc(-c3cccc(NC(=O)c4cccc([N+](=O)[O-])c4)c3)nc2c1. The molecule has 0 saturated heterocycles. The Morgan fingerprint density at radius 2 is 1.93 bits per heavy atom.